The fourth-order valence-electron chi connectivity index (χ4n) is 3.12. The summed E-state index contributed by atoms with van der Waals surface area (Å²) in [5, 5.41) is 12.2. The van der Waals surface area contributed by atoms with Gasteiger partial charge in [-0.05, 0) is 25.3 Å². The van der Waals surface area contributed by atoms with Crippen LogP contribution in [0.3, 0.4) is 0 Å². The Morgan fingerprint density at radius 2 is 1.96 bits per heavy atom. The molecule has 0 saturated heterocycles. The van der Waals surface area contributed by atoms with Crippen molar-refractivity contribution in [2.24, 2.45) is 0 Å². The lowest BCUT2D eigenvalue weighted by Gasteiger charge is -2.13. The summed E-state index contributed by atoms with van der Waals surface area (Å²) in [4.78, 5) is 23.6. The number of benzene rings is 1. The van der Waals surface area contributed by atoms with Crippen LogP contribution in [0.4, 0.5) is 0 Å². The number of rotatable bonds is 6. The average molecular weight is 372 g/mol. The normalized spacial score (nSPS) is 15.0. The van der Waals surface area contributed by atoms with E-state index >= 15 is 0 Å². The summed E-state index contributed by atoms with van der Waals surface area (Å²) in [7, 11) is 0. The molecule has 2 aromatic rings. The van der Waals surface area contributed by atoms with Gasteiger partial charge in [0, 0.05) is 25.5 Å². The van der Waals surface area contributed by atoms with Crippen LogP contribution in [0.5, 0.6) is 0 Å². The van der Waals surface area contributed by atoms with E-state index in [9.17, 15) is 9.59 Å². The largest absolute Gasteiger partial charge is 0.350 e. The number of aryl methyl sites for hydroxylation is 1. The number of carbonyl (C=O) groups excluding carboxylic acids is 2. The van der Waals surface area contributed by atoms with Crippen LogP contribution in [-0.2, 0) is 17.8 Å². The zero-order chi connectivity index (χ0) is 18.5. The molecule has 1 aliphatic rings. The Morgan fingerprint density at radius 1 is 1.19 bits per heavy atom. The number of Topliss-reactive ketones (excluding diaryl/α,β-unsaturated/α-hetero) is 1. The smallest absolute Gasteiger partial charge is 0.217 e. The number of ketones is 1. The van der Waals surface area contributed by atoms with Crippen molar-refractivity contribution in [3.8, 4) is 0 Å². The Morgan fingerprint density at radius 3 is 2.69 bits per heavy atom. The second-order valence-electron chi connectivity index (χ2n) is 6.62. The summed E-state index contributed by atoms with van der Waals surface area (Å²) in [5.74, 6) is 1.38. The average Bonchev–Trinajstić information content (AvgIpc) is 2.85. The van der Waals surface area contributed by atoms with Gasteiger partial charge in [0.1, 0.15) is 5.82 Å². The van der Waals surface area contributed by atoms with E-state index in [1.54, 1.807) is 0 Å². The van der Waals surface area contributed by atoms with Crippen molar-refractivity contribution in [3.05, 3.63) is 41.2 Å². The molecule has 3 rings (SSSR count). The van der Waals surface area contributed by atoms with E-state index in [1.165, 1.54) is 25.1 Å². The molecule has 1 N–H and O–H groups in total. The number of nitrogens with one attached hydrogen (secondary N) is 1. The lowest BCUT2D eigenvalue weighted by molar-refractivity contribution is -0.119. The van der Waals surface area contributed by atoms with Gasteiger partial charge in [-0.15, -0.1) is 10.2 Å². The maximum Gasteiger partial charge on any atom is 0.217 e. The first-order valence-corrected chi connectivity index (χ1v) is 9.98. The predicted molar refractivity (Wildman–Crippen MR) is 101 cm³/mol. The molecule has 0 saturated carbocycles. The summed E-state index contributed by atoms with van der Waals surface area (Å²) in [6, 6.07) is 7.35. The topological polar surface area (TPSA) is 76.9 Å². The SMILES string of the molecule is CC(=O)NC(C)c1ccc(C(=O)CSc2nnc3n2CCCCC3)cc1. The summed E-state index contributed by atoms with van der Waals surface area (Å²) in [5.41, 5.74) is 1.65. The van der Waals surface area contributed by atoms with Crippen LogP contribution in [0.15, 0.2) is 29.4 Å². The van der Waals surface area contributed by atoms with Gasteiger partial charge >= 0.3 is 0 Å². The van der Waals surface area contributed by atoms with Gasteiger partial charge in [-0.25, -0.2) is 0 Å². The van der Waals surface area contributed by atoms with Gasteiger partial charge < -0.3 is 9.88 Å². The van der Waals surface area contributed by atoms with Crippen molar-refractivity contribution in [2.45, 2.75) is 57.3 Å². The molecule has 7 heteroatoms. The molecular weight excluding hydrogens is 348 g/mol. The molecular formula is C19H24N4O2S. The van der Waals surface area contributed by atoms with Gasteiger partial charge in [0.25, 0.3) is 0 Å². The third-order valence-electron chi connectivity index (χ3n) is 4.56. The van der Waals surface area contributed by atoms with Crippen molar-refractivity contribution in [1.82, 2.24) is 20.1 Å². The van der Waals surface area contributed by atoms with Crippen LogP contribution in [-0.4, -0.2) is 32.2 Å². The molecule has 26 heavy (non-hydrogen) atoms. The Bertz CT molecular complexity index is 785. The summed E-state index contributed by atoms with van der Waals surface area (Å²) in [6.45, 7) is 4.36. The molecule has 0 radical (unpaired) electrons. The van der Waals surface area contributed by atoms with E-state index in [2.05, 4.69) is 20.1 Å². The van der Waals surface area contributed by atoms with Crippen LogP contribution in [0.25, 0.3) is 0 Å². The number of nitrogens with zero attached hydrogens (tertiary/aromatic N) is 3. The van der Waals surface area contributed by atoms with Crippen molar-refractivity contribution in [3.63, 3.8) is 0 Å². The molecule has 6 nitrogen and oxygen atoms in total. The molecule has 0 bridgehead atoms. The zero-order valence-corrected chi connectivity index (χ0v) is 16.0. The van der Waals surface area contributed by atoms with E-state index in [0.29, 0.717) is 11.3 Å². The highest BCUT2D eigenvalue weighted by Gasteiger charge is 2.17. The maximum absolute atomic E-state index is 12.5. The Kier molecular flexibility index (Phi) is 6.08. The second kappa shape index (κ2) is 8.49. The van der Waals surface area contributed by atoms with E-state index < -0.39 is 0 Å². The summed E-state index contributed by atoms with van der Waals surface area (Å²) < 4.78 is 2.16. The predicted octanol–water partition coefficient (Wildman–Crippen LogP) is 3.18. The van der Waals surface area contributed by atoms with Crippen molar-refractivity contribution < 1.29 is 9.59 Å². The minimum atomic E-state index is -0.0718. The highest BCUT2D eigenvalue weighted by Crippen LogP contribution is 2.23. The molecule has 1 aliphatic heterocycles. The van der Waals surface area contributed by atoms with Gasteiger partial charge in [0.15, 0.2) is 10.9 Å². The molecule has 2 heterocycles. The van der Waals surface area contributed by atoms with Crippen LogP contribution in [0.1, 0.15) is 60.9 Å². The molecule has 138 valence electrons. The summed E-state index contributed by atoms with van der Waals surface area (Å²) >= 11 is 1.46. The van der Waals surface area contributed by atoms with E-state index in [0.717, 1.165) is 42.4 Å². The summed E-state index contributed by atoms with van der Waals surface area (Å²) in [6.07, 6.45) is 4.48. The van der Waals surface area contributed by atoms with Gasteiger partial charge in [-0.1, -0.05) is 42.4 Å². The third kappa shape index (κ3) is 4.52. The molecule has 0 spiro atoms. The number of aromatic nitrogens is 3. The van der Waals surface area contributed by atoms with E-state index in [1.807, 2.05) is 31.2 Å². The van der Waals surface area contributed by atoms with Gasteiger partial charge in [0.2, 0.25) is 5.91 Å². The van der Waals surface area contributed by atoms with Gasteiger partial charge in [0.05, 0.1) is 11.8 Å². The van der Waals surface area contributed by atoms with Crippen LogP contribution < -0.4 is 5.32 Å². The quantitative estimate of drug-likeness (QED) is 0.622. The third-order valence-corrected chi connectivity index (χ3v) is 5.53. The minimum absolute atomic E-state index is 0.0681. The molecule has 1 amide bonds. The lowest BCUT2D eigenvalue weighted by Crippen LogP contribution is -2.23. The molecule has 1 atom stereocenters. The Hall–Kier alpha value is -2.15. The Balaban J connectivity index is 1.60. The Labute approximate surface area is 157 Å². The molecule has 0 aliphatic carbocycles. The first kappa shape index (κ1) is 18.6. The number of fused-ring (bicyclic) bond motifs is 1. The van der Waals surface area contributed by atoms with Crippen molar-refractivity contribution in [1.29, 1.82) is 0 Å². The fourth-order valence-corrected chi connectivity index (χ4v) is 4.00. The van der Waals surface area contributed by atoms with Crippen LogP contribution in [0.2, 0.25) is 0 Å². The minimum Gasteiger partial charge on any atom is -0.350 e. The first-order chi connectivity index (χ1) is 12.5. The van der Waals surface area contributed by atoms with Gasteiger partial charge in [-0.2, -0.15) is 0 Å². The molecule has 1 unspecified atom stereocenters. The highest BCUT2D eigenvalue weighted by molar-refractivity contribution is 7.99. The van der Waals surface area contributed by atoms with Gasteiger partial charge in [-0.3, -0.25) is 9.59 Å². The molecule has 0 fully saturated rings. The highest BCUT2D eigenvalue weighted by atomic mass is 32.2. The van der Waals surface area contributed by atoms with Crippen LogP contribution >= 0.6 is 11.8 Å². The number of carbonyl (C=O) groups is 2. The monoisotopic (exact) mass is 372 g/mol. The number of thioether (sulfide) groups is 1. The zero-order valence-electron chi connectivity index (χ0n) is 15.2. The van der Waals surface area contributed by atoms with Crippen molar-refractivity contribution >= 4 is 23.5 Å². The standard InChI is InChI=1S/C19H24N4O2S/c1-13(20-14(2)24)15-7-9-16(10-8-15)17(25)12-26-19-22-21-18-6-4-3-5-11-23(18)19/h7-10,13H,3-6,11-12H2,1-2H3,(H,20,24). The first-order valence-electron chi connectivity index (χ1n) is 8.99. The lowest BCUT2D eigenvalue weighted by atomic mass is 10.0. The number of amides is 1. The maximum atomic E-state index is 12.5. The van der Waals surface area contributed by atoms with Crippen molar-refractivity contribution in [2.75, 3.05) is 5.75 Å². The molecule has 1 aromatic carbocycles. The van der Waals surface area contributed by atoms with E-state index in [-0.39, 0.29) is 17.7 Å². The molecule has 1 aromatic heterocycles. The van der Waals surface area contributed by atoms with E-state index in [4.69, 9.17) is 0 Å². The fraction of sp³-hybridized carbons (Fsp3) is 0.474. The second-order valence-corrected chi connectivity index (χ2v) is 7.56. The number of hydrogen-bond donors (Lipinski definition) is 1. The van der Waals surface area contributed by atoms with Crippen LogP contribution in [0, 0.1) is 0 Å². The number of hydrogen-bond acceptors (Lipinski definition) is 5.